The molecule has 1 aliphatic heterocycles. The van der Waals surface area contributed by atoms with Crippen molar-refractivity contribution in [1.29, 1.82) is 0 Å². The number of fused-ring (bicyclic) bond motifs is 1. The van der Waals surface area contributed by atoms with Crippen molar-refractivity contribution < 1.29 is 19.1 Å². The Labute approximate surface area is 175 Å². The quantitative estimate of drug-likeness (QED) is 0.638. The van der Waals surface area contributed by atoms with Crippen LogP contribution in [0.25, 0.3) is 0 Å². The van der Waals surface area contributed by atoms with Crippen LogP contribution in [0.5, 0.6) is 11.5 Å². The summed E-state index contributed by atoms with van der Waals surface area (Å²) in [6.45, 7) is 3.42. The maximum Gasteiger partial charge on any atom is 0.243 e. The van der Waals surface area contributed by atoms with Crippen LogP contribution < -0.4 is 14.8 Å². The van der Waals surface area contributed by atoms with E-state index in [0.29, 0.717) is 42.7 Å². The van der Waals surface area contributed by atoms with E-state index >= 15 is 0 Å². The standard InChI is InChI=1S/C22H26N2O4S/c1-2-24(22(26)16-29-13-10-17-6-4-3-5-7-17)15-21(25)23-18-8-9-19-20(14-18)28-12-11-27-19/h3-9,14H,2,10-13,15-16H2,1H3,(H,23,25). The molecule has 7 heteroatoms. The molecule has 0 saturated heterocycles. The van der Waals surface area contributed by atoms with Gasteiger partial charge in [0.2, 0.25) is 11.8 Å². The Morgan fingerprint density at radius 2 is 1.83 bits per heavy atom. The van der Waals surface area contributed by atoms with Gasteiger partial charge in [0.1, 0.15) is 13.2 Å². The maximum atomic E-state index is 12.5. The third-order valence-electron chi connectivity index (χ3n) is 4.50. The number of amides is 2. The number of anilines is 1. The lowest BCUT2D eigenvalue weighted by Gasteiger charge is -2.21. The summed E-state index contributed by atoms with van der Waals surface area (Å²) in [5.74, 6) is 2.28. The molecule has 0 aliphatic carbocycles. The molecule has 0 aromatic heterocycles. The number of thioether (sulfide) groups is 1. The molecule has 1 aliphatic rings. The molecule has 0 atom stereocenters. The van der Waals surface area contributed by atoms with E-state index in [0.717, 1.165) is 12.2 Å². The third-order valence-corrected chi connectivity index (χ3v) is 5.44. The van der Waals surface area contributed by atoms with Crippen molar-refractivity contribution >= 4 is 29.3 Å². The minimum Gasteiger partial charge on any atom is -0.486 e. The van der Waals surface area contributed by atoms with Gasteiger partial charge >= 0.3 is 0 Å². The van der Waals surface area contributed by atoms with Gasteiger partial charge in [0.25, 0.3) is 0 Å². The van der Waals surface area contributed by atoms with Gasteiger partial charge in [-0.05, 0) is 36.8 Å². The number of hydrogen-bond donors (Lipinski definition) is 1. The van der Waals surface area contributed by atoms with Crippen LogP contribution in [0.1, 0.15) is 12.5 Å². The summed E-state index contributed by atoms with van der Waals surface area (Å²) in [6.07, 6.45) is 0.926. The summed E-state index contributed by atoms with van der Waals surface area (Å²) >= 11 is 1.59. The number of benzene rings is 2. The van der Waals surface area contributed by atoms with E-state index in [1.165, 1.54) is 5.56 Å². The Morgan fingerprint density at radius 3 is 2.59 bits per heavy atom. The molecule has 2 aromatic carbocycles. The van der Waals surface area contributed by atoms with Crippen LogP contribution in [0.3, 0.4) is 0 Å². The van der Waals surface area contributed by atoms with E-state index < -0.39 is 0 Å². The fraction of sp³-hybridized carbons (Fsp3) is 0.364. The SMILES string of the molecule is CCN(CC(=O)Nc1ccc2c(c1)OCCO2)C(=O)CSCCc1ccccc1. The lowest BCUT2D eigenvalue weighted by Crippen LogP contribution is -2.38. The van der Waals surface area contributed by atoms with Crippen molar-refractivity contribution in [2.24, 2.45) is 0 Å². The molecule has 1 heterocycles. The number of likely N-dealkylation sites (N-methyl/N-ethyl adjacent to an activating group) is 1. The summed E-state index contributed by atoms with van der Waals surface area (Å²) in [6, 6.07) is 15.5. The van der Waals surface area contributed by atoms with E-state index in [2.05, 4.69) is 17.4 Å². The minimum atomic E-state index is -0.230. The van der Waals surface area contributed by atoms with Crippen LogP contribution in [-0.2, 0) is 16.0 Å². The molecule has 6 nitrogen and oxygen atoms in total. The molecule has 0 saturated carbocycles. The lowest BCUT2D eigenvalue weighted by molar-refractivity contribution is -0.132. The first kappa shape index (κ1) is 21.0. The Kier molecular flexibility index (Phi) is 7.81. The van der Waals surface area contributed by atoms with Gasteiger partial charge in [-0.2, -0.15) is 11.8 Å². The van der Waals surface area contributed by atoms with Gasteiger partial charge in [0.15, 0.2) is 11.5 Å². The third kappa shape index (κ3) is 6.42. The Hall–Kier alpha value is -2.67. The summed E-state index contributed by atoms with van der Waals surface area (Å²) in [5, 5.41) is 2.83. The molecular weight excluding hydrogens is 388 g/mol. The zero-order chi connectivity index (χ0) is 20.5. The van der Waals surface area contributed by atoms with Crippen LogP contribution in [0.2, 0.25) is 0 Å². The molecule has 0 radical (unpaired) electrons. The molecule has 154 valence electrons. The average Bonchev–Trinajstić information content (AvgIpc) is 2.75. The van der Waals surface area contributed by atoms with Crippen molar-refractivity contribution in [1.82, 2.24) is 4.90 Å². The molecule has 2 aromatic rings. The zero-order valence-corrected chi connectivity index (χ0v) is 17.4. The van der Waals surface area contributed by atoms with E-state index in [1.54, 1.807) is 34.9 Å². The zero-order valence-electron chi connectivity index (χ0n) is 16.6. The lowest BCUT2D eigenvalue weighted by atomic mass is 10.2. The monoisotopic (exact) mass is 414 g/mol. The second-order valence-corrected chi connectivity index (χ2v) is 7.71. The summed E-state index contributed by atoms with van der Waals surface area (Å²) in [4.78, 5) is 26.4. The van der Waals surface area contributed by atoms with Gasteiger partial charge in [0, 0.05) is 18.3 Å². The van der Waals surface area contributed by atoms with Crippen LogP contribution in [0, 0.1) is 0 Å². The number of rotatable bonds is 9. The van der Waals surface area contributed by atoms with Crippen LogP contribution in [0.15, 0.2) is 48.5 Å². The van der Waals surface area contributed by atoms with Gasteiger partial charge in [-0.25, -0.2) is 0 Å². The molecule has 29 heavy (non-hydrogen) atoms. The van der Waals surface area contributed by atoms with E-state index in [9.17, 15) is 9.59 Å². The second-order valence-electron chi connectivity index (χ2n) is 6.60. The first-order valence-electron chi connectivity index (χ1n) is 9.74. The van der Waals surface area contributed by atoms with E-state index in [1.807, 2.05) is 25.1 Å². The predicted molar refractivity (Wildman–Crippen MR) is 116 cm³/mol. The largest absolute Gasteiger partial charge is 0.486 e. The second kappa shape index (κ2) is 10.8. The van der Waals surface area contributed by atoms with Crippen LogP contribution in [0.4, 0.5) is 5.69 Å². The van der Waals surface area contributed by atoms with E-state index in [-0.39, 0.29) is 18.4 Å². The maximum absolute atomic E-state index is 12.5. The van der Waals surface area contributed by atoms with Crippen LogP contribution in [-0.4, -0.2) is 54.5 Å². The Bertz CT molecular complexity index is 829. The van der Waals surface area contributed by atoms with Gasteiger partial charge in [-0.15, -0.1) is 0 Å². The van der Waals surface area contributed by atoms with Crippen molar-refractivity contribution in [3.05, 3.63) is 54.1 Å². The number of nitrogens with one attached hydrogen (secondary N) is 1. The Morgan fingerprint density at radius 1 is 1.07 bits per heavy atom. The number of carbonyl (C=O) groups is 2. The van der Waals surface area contributed by atoms with Gasteiger partial charge in [-0.1, -0.05) is 30.3 Å². The highest BCUT2D eigenvalue weighted by Crippen LogP contribution is 2.32. The number of aryl methyl sites for hydroxylation is 1. The summed E-state index contributed by atoms with van der Waals surface area (Å²) < 4.78 is 11.0. The van der Waals surface area contributed by atoms with Crippen molar-refractivity contribution in [2.45, 2.75) is 13.3 Å². The van der Waals surface area contributed by atoms with Gasteiger partial charge in [-0.3, -0.25) is 9.59 Å². The molecule has 0 bridgehead atoms. The fourth-order valence-corrected chi connectivity index (χ4v) is 3.84. The smallest absolute Gasteiger partial charge is 0.243 e. The predicted octanol–water partition coefficient (Wildman–Crippen LogP) is 3.22. The van der Waals surface area contributed by atoms with Crippen molar-refractivity contribution in [2.75, 3.05) is 43.1 Å². The molecule has 0 unspecified atom stereocenters. The average molecular weight is 415 g/mol. The first-order chi connectivity index (χ1) is 14.2. The number of nitrogens with zero attached hydrogens (tertiary/aromatic N) is 1. The first-order valence-corrected chi connectivity index (χ1v) is 10.9. The van der Waals surface area contributed by atoms with Crippen LogP contribution >= 0.6 is 11.8 Å². The highest BCUT2D eigenvalue weighted by molar-refractivity contribution is 7.99. The summed E-state index contributed by atoms with van der Waals surface area (Å²) in [5.41, 5.74) is 1.89. The molecule has 2 amide bonds. The van der Waals surface area contributed by atoms with Gasteiger partial charge in [0.05, 0.1) is 12.3 Å². The van der Waals surface area contributed by atoms with Crippen molar-refractivity contribution in [3.63, 3.8) is 0 Å². The molecule has 0 fully saturated rings. The Balaban J connectivity index is 1.43. The molecule has 3 rings (SSSR count). The summed E-state index contributed by atoms with van der Waals surface area (Å²) in [7, 11) is 0. The number of ether oxygens (including phenoxy) is 2. The highest BCUT2D eigenvalue weighted by atomic mass is 32.2. The number of hydrogen-bond acceptors (Lipinski definition) is 5. The number of carbonyl (C=O) groups excluding carboxylic acids is 2. The molecule has 1 N–H and O–H groups in total. The van der Waals surface area contributed by atoms with E-state index in [4.69, 9.17) is 9.47 Å². The topological polar surface area (TPSA) is 67.9 Å². The normalized spacial score (nSPS) is 12.3. The van der Waals surface area contributed by atoms with Gasteiger partial charge < -0.3 is 19.7 Å². The minimum absolute atomic E-state index is 0.0251. The fourth-order valence-electron chi connectivity index (χ4n) is 2.96. The molecule has 0 spiro atoms. The molecular formula is C22H26N2O4S. The van der Waals surface area contributed by atoms with Crippen molar-refractivity contribution in [3.8, 4) is 11.5 Å². The highest BCUT2D eigenvalue weighted by Gasteiger charge is 2.17.